The van der Waals surface area contributed by atoms with Crippen molar-refractivity contribution in [3.8, 4) is 0 Å². The first kappa shape index (κ1) is 12.2. The van der Waals surface area contributed by atoms with Gasteiger partial charge >= 0.3 is 0 Å². The summed E-state index contributed by atoms with van der Waals surface area (Å²) in [6.07, 6.45) is 1.66. The highest BCUT2D eigenvalue weighted by molar-refractivity contribution is 9.10. The van der Waals surface area contributed by atoms with Crippen molar-refractivity contribution in [3.05, 3.63) is 10.7 Å². The Morgan fingerprint density at radius 1 is 1.53 bits per heavy atom. The minimum Gasteiger partial charge on any atom is -0.394 e. The van der Waals surface area contributed by atoms with E-state index in [2.05, 4.69) is 36.5 Å². The highest BCUT2D eigenvalue weighted by Gasteiger charge is 2.18. The molecule has 0 saturated heterocycles. The summed E-state index contributed by atoms with van der Waals surface area (Å²) in [6, 6.07) is 0. The first-order valence-electron chi connectivity index (χ1n) is 4.58. The number of rotatable bonds is 4. The molecule has 6 heteroatoms. The predicted molar refractivity (Wildman–Crippen MR) is 64.1 cm³/mol. The van der Waals surface area contributed by atoms with Crippen LogP contribution in [0, 0.1) is 0 Å². The summed E-state index contributed by atoms with van der Waals surface area (Å²) < 4.78 is 0.767. The molecule has 0 radical (unpaired) electrons. The SMILES string of the molecule is CNc1ncc(Br)c(NC(C)(C)CO)n1. The van der Waals surface area contributed by atoms with Gasteiger partial charge in [0.1, 0.15) is 5.82 Å². The van der Waals surface area contributed by atoms with Gasteiger partial charge in [0.05, 0.1) is 16.6 Å². The molecule has 0 aromatic carbocycles. The number of halogens is 1. The van der Waals surface area contributed by atoms with Gasteiger partial charge in [-0.1, -0.05) is 0 Å². The zero-order valence-corrected chi connectivity index (χ0v) is 10.6. The summed E-state index contributed by atoms with van der Waals surface area (Å²) in [7, 11) is 1.75. The average molecular weight is 275 g/mol. The Balaban J connectivity index is 2.93. The lowest BCUT2D eigenvalue weighted by Crippen LogP contribution is -2.35. The lowest BCUT2D eigenvalue weighted by atomic mass is 10.1. The molecule has 1 rings (SSSR count). The van der Waals surface area contributed by atoms with Gasteiger partial charge in [0.2, 0.25) is 5.95 Å². The monoisotopic (exact) mass is 274 g/mol. The maximum absolute atomic E-state index is 9.14. The van der Waals surface area contributed by atoms with Crippen LogP contribution >= 0.6 is 15.9 Å². The van der Waals surface area contributed by atoms with E-state index in [1.165, 1.54) is 0 Å². The molecule has 1 aromatic rings. The van der Waals surface area contributed by atoms with Crippen LogP contribution in [-0.4, -0.2) is 34.3 Å². The Bertz CT molecular complexity index is 343. The van der Waals surface area contributed by atoms with Gasteiger partial charge in [-0.25, -0.2) is 4.98 Å². The van der Waals surface area contributed by atoms with Crippen LogP contribution in [0.3, 0.4) is 0 Å². The number of aliphatic hydroxyl groups is 1. The molecule has 0 bridgehead atoms. The largest absolute Gasteiger partial charge is 0.394 e. The van der Waals surface area contributed by atoms with E-state index in [4.69, 9.17) is 5.11 Å². The zero-order chi connectivity index (χ0) is 11.5. The van der Waals surface area contributed by atoms with E-state index in [-0.39, 0.29) is 6.61 Å². The molecule has 0 aliphatic rings. The van der Waals surface area contributed by atoms with E-state index in [1.807, 2.05) is 13.8 Å². The van der Waals surface area contributed by atoms with Crippen molar-refractivity contribution in [1.29, 1.82) is 0 Å². The molecule has 0 aliphatic heterocycles. The van der Waals surface area contributed by atoms with Gasteiger partial charge < -0.3 is 15.7 Å². The number of aliphatic hydroxyl groups excluding tert-OH is 1. The van der Waals surface area contributed by atoms with E-state index in [9.17, 15) is 0 Å². The van der Waals surface area contributed by atoms with Crippen LogP contribution in [0.4, 0.5) is 11.8 Å². The maximum Gasteiger partial charge on any atom is 0.224 e. The summed E-state index contributed by atoms with van der Waals surface area (Å²) in [5.41, 5.74) is -0.415. The Labute approximate surface area is 97.5 Å². The number of aromatic nitrogens is 2. The molecule has 1 heterocycles. The van der Waals surface area contributed by atoms with Crippen LogP contribution in [0.1, 0.15) is 13.8 Å². The Hall–Kier alpha value is -0.880. The van der Waals surface area contributed by atoms with Crippen molar-refractivity contribution in [1.82, 2.24) is 9.97 Å². The van der Waals surface area contributed by atoms with Gasteiger partial charge in [0.25, 0.3) is 0 Å². The highest BCUT2D eigenvalue weighted by Crippen LogP contribution is 2.23. The van der Waals surface area contributed by atoms with Crippen molar-refractivity contribution >= 4 is 27.7 Å². The number of nitrogens with one attached hydrogen (secondary N) is 2. The topological polar surface area (TPSA) is 70.1 Å². The Morgan fingerprint density at radius 2 is 2.20 bits per heavy atom. The molecule has 0 aliphatic carbocycles. The number of hydrogen-bond acceptors (Lipinski definition) is 5. The summed E-state index contributed by atoms with van der Waals surface area (Å²) in [6.45, 7) is 3.81. The van der Waals surface area contributed by atoms with Crippen molar-refractivity contribution < 1.29 is 5.11 Å². The van der Waals surface area contributed by atoms with Crippen LogP contribution < -0.4 is 10.6 Å². The van der Waals surface area contributed by atoms with Crippen LogP contribution in [0.5, 0.6) is 0 Å². The van der Waals surface area contributed by atoms with Crippen LogP contribution in [0.25, 0.3) is 0 Å². The Morgan fingerprint density at radius 3 is 2.73 bits per heavy atom. The van der Waals surface area contributed by atoms with E-state index < -0.39 is 5.54 Å². The summed E-state index contributed by atoms with van der Waals surface area (Å²) in [4.78, 5) is 8.27. The third-order valence-electron chi connectivity index (χ3n) is 1.82. The molecule has 5 nitrogen and oxygen atoms in total. The average Bonchev–Trinajstić information content (AvgIpc) is 2.21. The van der Waals surface area contributed by atoms with Crippen LogP contribution in [-0.2, 0) is 0 Å². The molecule has 0 atom stereocenters. The minimum absolute atomic E-state index is 0.0261. The lowest BCUT2D eigenvalue weighted by molar-refractivity contribution is 0.234. The molecule has 3 N–H and O–H groups in total. The number of hydrogen-bond donors (Lipinski definition) is 3. The Kier molecular flexibility index (Phi) is 3.87. The first-order chi connectivity index (χ1) is 6.98. The first-order valence-corrected chi connectivity index (χ1v) is 5.37. The summed E-state index contributed by atoms with van der Waals surface area (Å²) >= 11 is 3.34. The van der Waals surface area contributed by atoms with Crippen molar-refractivity contribution in [3.63, 3.8) is 0 Å². The van der Waals surface area contributed by atoms with Crippen molar-refractivity contribution in [2.45, 2.75) is 19.4 Å². The molecular formula is C9H15BrN4O. The third-order valence-corrected chi connectivity index (χ3v) is 2.40. The molecule has 0 unspecified atom stereocenters. The second kappa shape index (κ2) is 4.76. The van der Waals surface area contributed by atoms with Gasteiger partial charge in [-0.15, -0.1) is 0 Å². The highest BCUT2D eigenvalue weighted by atomic mass is 79.9. The fraction of sp³-hybridized carbons (Fsp3) is 0.556. The number of nitrogens with zero attached hydrogens (tertiary/aromatic N) is 2. The fourth-order valence-corrected chi connectivity index (χ4v) is 1.23. The molecule has 0 amide bonds. The maximum atomic E-state index is 9.14. The van der Waals surface area contributed by atoms with E-state index in [0.29, 0.717) is 11.8 Å². The normalized spacial score (nSPS) is 11.3. The molecule has 0 saturated carbocycles. The van der Waals surface area contributed by atoms with Gasteiger partial charge in [0.15, 0.2) is 0 Å². The van der Waals surface area contributed by atoms with E-state index in [1.54, 1.807) is 13.2 Å². The van der Waals surface area contributed by atoms with Crippen LogP contribution in [0.2, 0.25) is 0 Å². The van der Waals surface area contributed by atoms with Crippen molar-refractivity contribution in [2.75, 3.05) is 24.3 Å². The molecule has 0 fully saturated rings. The summed E-state index contributed by atoms with van der Waals surface area (Å²) in [5.74, 6) is 1.20. The second-order valence-corrected chi connectivity index (χ2v) is 4.66. The standard InChI is InChI=1S/C9H15BrN4O/c1-9(2,5-15)14-7-6(10)4-12-8(11-3)13-7/h4,15H,5H2,1-3H3,(H2,11,12,13,14). The minimum atomic E-state index is -0.415. The molecule has 0 spiro atoms. The predicted octanol–water partition coefficient (Wildman–Crippen LogP) is 1.46. The fourth-order valence-electron chi connectivity index (χ4n) is 0.935. The van der Waals surface area contributed by atoms with E-state index in [0.717, 1.165) is 4.47 Å². The van der Waals surface area contributed by atoms with Gasteiger partial charge in [-0.2, -0.15) is 4.98 Å². The van der Waals surface area contributed by atoms with Crippen molar-refractivity contribution in [2.24, 2.45) is 0 Å². The third kappa shape index (κ3) is 3.32. The molecule has 84 valence electrons. The second-order valence-electron chi connectivity index (χ2n) is 3.81. The molecule has 15 heavy (non-hydrogen) atoms. The number of anilines is 2. The zero-order valence-electron chi connectivity index (χ0n) is 9.00. The smallest absolute Gasteiger partial charge is 0.224 e. The lowest BCUT2D eigenvalue weighted by Gasteiger charge is -2.24. The van der Waals surface area contributed by atoms with Crippen LogP contribution in [0.15, 0.2) is 10.7 Å². The van der Waals surface area contributed by atoms with Gasteiger partial charge in [-0.05, 0) is 29.8 Å². The van der Waals surface area contributed by atoms with Gasteiger partial charge in [0, 0.05) is 13.2 Å². The molecule has 1 aromatic heterocycles. The quantitative estimate of drug-likeness (QED) is 0.776. The van der Waals surface area contributed by atoms with Gasteiger partial charge in [-0.3, -0.25) is 0 Å². The van der Waals surface area contributed by atoms with E-state index >= 15 is 0 Å². The molecular weight excluding hydrogens is 260 g/mol. The summed E-state index contributed by atoms with van der Waals surface area (Å²) in [5, 5.41) is 15.1.